The van der Waals surface area contributed by atoms with Gasteiger partial charge < -0.3 is 20.0 Å². The molecule has 6 aromatic rings. The Bertz CT molecular complexity index is 1780. The van der Waals surface area contributed by atoms with Crippen LogP contribution in [0.5, 0.6) is 0 Å². The molecule has 1 aliphatic heterocycles. The fourth-order valence-electron chi connectivity index (χ4n) is 5.28. The fourth-order valence-corrected chi connectivity index (χ4v) is 5.28. The van der Waals surface area contributed by atoms with E-state index >= 15 is 0 Å². The summed E-state index contributed by atoms with van der Waals surface area (Å²) >= 11 is 0. The first kappa shape index (κ1) is 23.3. The average Bonchev–Trinajstić information content (AvgIpc) is 3.73. The number of pyridine rings is 3. The number of nitrogens with zero attached hydrogens (tertiary/aromatic N) is 4. The monoisotopic (exact) mass is 518 g/mol. The highest BCUT2D eigenvalue weighted by Gasteiger charge is 2.18. The topological polar surface area (TPSA) is 137 Å². The molecule has 10 heteroatoms. The Hall–Kier alpha value is -4.83. The van der Waals surface area contributed by atoms with E-state index in [0.717, 1.165) is 76.1 Å². The maximum absolute atomic E-state index is 12.6. The van der Waals surface area contributed by atoms with Gasteiger partial charge in [0.2, 0.25) is 5.91 Å². The minimum Gasteiger partial charge on any atom is -0.472 e. The summed E-state index contributed by atoms with van der Waals surface area (Å²) in [6.07, 6.45) is 11.1. The SMILES string of the molecule is O=C(CC1CCNCC1)Nc1cncc(-c2ccc3[nH]nc(-c4cc5c(-c6ccoc6)ccnc5[nH]4)c3n2)c1. The van der Waals surface area contributed by atoms with Crippen LogP contribution >= 0.6 is 0 Å². The predicted octanol–water partition coefficient (Wildman–Crippen LogP) is 5.15. The van der Waals surface area contributed by atoms with Crippen LogP contribution in [0.1, 0.15) is 19.3 Å². The summed E-state index contributed by atoms with van der Waals surface area (Å²) in [7, 11) is 0. The first-order valence-corrected chi connectivity index (χ1v) is 13.0. The van der Waals surface area contributed by atoms with Crippen LogP contribution in [-0.2, 0) is 4.79 Å². The van der Waals surface area contributed by atoms with E-state index in [1.54, 1.807) is 31.1 Å². The third kappa shape index (κ3) is 4.55. The van der Waals surface area contributed by atoms with E-state index in [-0.39, 0.29) is 5.91 Å². The second-order valence-electron chi connectivity index (χ2n) is 9.89. The molecule has 0 saturated carbocycles. The minimum absolute atomic E-state index is 0.0172. The molecular weight excluding hydrogens is 492 g/mol. The number of hydrogen-bond donors (Lipinski definition) is 4. The maximum Gasteiger partial charge on any atom is 0.224 e. The van der Waals surface area contributed by atoms with Crippen molar-refractivity contribution >= 4 is 33.7 Å². The molecule has 0 radical (unpaired) electrons. The van der Waals surface area contributed by atoms with E-state index in [1.807, 2.05) is 36.4 Å². The van der Waals surface area contributed by atoms with Crippen LogP contribution in [0.4, 0.5) is 5.69 Å². The van der Waals surface area contributed by atoms with Crippen molar-refractivity contribution in [2.45, 2.75) is 19.3 Å². The zero-order chi connectivity index (χ0) is 26.2. The number of amides is 1. The molecule has 39 heavy (non-hydrogen) atoms. The number of nitrogens with one attached hydrogen (secondary N) is 4. The number of aromatic nitrogens is 6. The van der Waals surface area contributed by atoms with Crippen molar-refractivity contribution in [2.24, 2.45) is 5.92 Å². The fraction of sp³-hybridized carbons (Fsp3) is 0.207. The van der Waals surface area contributed by atoms with Crippen molar-refractivity contribution in [2.75, 3.05) is 18.4 Å². The number of H-pyrrole nitrogens is 2. The average molecular weight is 519 g/mol. The summed E-state index contributed by atoms with van der Waals surface area (Å²) in [5.41, 5.74) is 8.01. The smallest absolute Gasteiger partial charge is 0.224 e. The Kier molecular flexibility index (Phi) is 5.86. The Morgan fingerprint density at radius 3 is 2.87 bits per heavy atom. The van der Waals surface area contributed by atoms with Gasteiger partial charge in [0.05, 0.1) is 41.3 Å². The van der Waals surface area contributed by atoms with E-state index in [2.05, 4.69) is 35.8 Å². The van der Waals surface area contributed by atoms with Crippen LogP contribution in [0, 0.1) is 5.92 Å². The van der Waals surface area contributed by atoms with E-state index in [9.17, 15) is 4.79 Å². The van der Waals surface area contributed by atoms with Crippen molar-refractivity contribution in [3.63, 3.8) is 0 Å². The number of aromatic amines is 2. The number of furan rings is 1. The van der Waals surface area contributed by atoms with Gasteiger partial charge in [0, 0.05) is 35.3 Å². The number of anilines is 1. The van der Waals surface area contributed by atoms with Crippen molar-refractivity contribution in [1.82, 2.24) is 35.5 Å². The zero-order valence-corrected chi connectivity index (χ0v) is 21.1. The van der Waals surface area contributed by atoms with E-state index < -0.39 is 0 Å². The van der Waals surface area contributed by atoms with Gasteiger partial charge >= 0.3 is 0 Å². The summed E-state index contributed by atoms with van der Waals surface area (Å²) in [6, 6.07) is 11.7. The molecule has 0 bridgehead atoms. The van der Waals surface area contributed by atoms with Gasteiger partial charge in [-0.2, -0.15) is 5.10 Å². The quantitative estimate of drug-likeness (QED) is 0.239. The lowest BCUT2D eigenvalue weighted by atomic mass is 9.94. The second kappa shape index (κ2) is 9.80. The number of rotatable bonds is 6. The Morgan fingerprint density at radius 2 is 2.00 bits per heavy atom. The van der Waals surface area contributed by atoms with Gasteiger partial charge in [0.1, 0.15) is 16.9 Å². The molecule has 0 aromatic carbocycles. The normalized spacial score (nSPS) is 14.3. The number of carbonyl (C=O) groups is 1. The molecule has 0 aliphatic carbocycles. The predicted molar refractivity (Wildman–Crippen MR) is 149 cm³/mol. The van der Waals surface area contributed by atoms with Gasteiger partial charge in [-0.1, -0.05) is 0 Å². The number of hydrogen-bond acceptors (Lipinski definition) is 7. The highest BCUT2D eigenvalue weighted by Crippen LogP contribution is 2.33. The standard InChI is InChI=1S/C29H26N8O2/c38-26(11-17-3-7-30-8-4-17)33-20-12-19(14-31-15-20)23-1-2-24-27(34-23)28(37-36-24)25-13-22-21(18-6-10-39-16-18)5-9-32-29(22)35-25/h1-2,5-6,9-10,12-17,30H,3-4,7-8,11H2,(H,32,35)(H,33,38)(H,36,37). The lowest BCUT2D eigenvalue weighted by molar-refractivity contribution is -0.117. The van der Waals surface area contributed by atoms with Gasteiger partial charge in [-0.3, -0.25) is 14.9 Å². The lowest BCUT2D eigenvalue weighted by Crippen LogP contribution is -2.30. The minimum atomic E-state index is 0.0172. The van der Waals surface area contributed by atoms with Crippen LogP contribution in [-0.4, -0.2) is 49.1 Å². The largest absolute Gasteiger partial charge is 0.472 e. The first-order chi connectivity index (χ1) is 19.2. The Balaban J connectivity index is 1.19. The third-order valence-electron chi connectivity index (χ3n) is 7.28. The third-order valence-corrected chi connectivity index (χ3v) is 7.28. The Morgan fingerprint density at radius 1 is 1.08 bits per heavy atom. The summed E-state index contributed by atoms with van der Waals surface area (Å²) in [6.45, 7) is 1.94. The second-order valence-corrected chi connectivity index (χ2v) is 9.89. The Labute approximate surface area is 223 Å². The molecule has 0 unspecified atom stereocenters. The summed E-state index contributed by atoms with van der Waals surface area (Å²) in [5, 5.41) is 15.0. The summed E-state index contributed by atoms with van der Waals surface area (Å²) < 4.78 is 5.28. The van der Waals surface area contributed by atoms with Gasteiger partial charge in [0.15, 0.2) is 0 Å². The molecule has 1 fully saturated rings. The molecule has 1 saturated heterocycles. The molecule has 6 aromatic heterocycles. The molecule has 7 rings (SSSR count). The lowest BCUT2D eigenvalue weighted by Gasteiger charge is -2.21. The first-order valence-electron chi connectivity index (χ1n) is 13.0. The van der Waals surface area contributed by atoms with Gasteiger partial charge in [-0.25, -0.2) is 9.97 Å². The molecule has 1 aliphatic rings. The van der Waals surface area contributed by atoms with Crippen LogP contribution in [0.25, 0.3) is 55.8 Å². The van der Waals surface area contributed by atoms with Crippen molar-refractivity contribution in [1.29, 1.82) is 0 Å². The highest BCUT2D eigenvalue weighted by atomic mass is 16.3. The molecule has 0 atom stereocenters. The van der Waals surface area contributed by atoms with Gasteiger partial charge in [-0.15, -0.1) is 0 Å². The van der Waals surface area contributed by atoms with Crippen molar-refractivity contribution < 1.29 is 9.21 Å². The zero-order valence-electron chi connectivity index (χ0n) is 21.1. The summed E-state index contributed by atoms with van der Waals surface area (Å²) in [4.78, 5) is 29.8. The molecule has 1 amide bonds. The number of piperidine rings is 1. The molecular formula is C29H26N8O2. The van der Waals surface area contributed by atoms with Crippen molar-refractivity contribution in [3.05, 3.63) is 67.5 Å². The van der Waals surface area contributed by atoms with Crippen LogP contribution in [0.2, 0.25) is 0 Å². The van der Waals surface area contributed by atoms with Crippen molar-refractivity contribution in [3.8, 4) is 33.8 Å². The van der Waals surface area contributed by atoms with Gasteiger partial charge in [0.25, 0.3) is 0 Å². The van der Waals surface area contributed by atoms with Crippen LogP contribution in [0.3, 0.4) is 0 Å². The van der Waals surface area contributed by atoms with E-state index in [1.165, 1.54) is 0 Å². The van der Waals surface area contributed by atoms with Crippen LogP contribution < -0.4 is 10.6 Å². The molecule has 4 N–H and O–H groups in total. The maximum atomic E-state index is 12.6. The van der Waals surface area contributed by atoms with Crippen LogP contribution in [0.15, 0.2) is 71.9 Å². The molecule has 0 spiro atoms. The van der Waals surface area contributed by atoms with Gasteiger partial charge in [-0.05, 0) is 73.8 Å². The summed E-state index contributed by atoms with van der Waals surface area (Å²) in [5.74, 6) is 0.435. The molecule has 194 valence electrons. The number of fused-ring (bicyclic) bond motifs is 2. The molecule has 7 heterocycles. The van der Waals surface area contributed by atoms with E-state index in [0.29, 0.717) is 23.7 Å². The van der Waals surface area contributed by atoms with E-state index in [4.69, 9.17) is 9.40 Å². The number of carbonyl (C=O) groups excluding carboxylic acids is 1. The highest BCUT2D eigenvalue weighted by molar-refractivity contribution is 5.99. The molecule has 10 nitrogen and oxygen atoms in total.